The van der Waals surface area contributed by atoms with Gasteiger partial charge in [-0.1, -0.05) is 39.3 Å². The molecule has 1 aliphatic carbocycles. The number of aryl methyl sites for hydroxylation is 1. The van der Waals surface area contributed by atoms with Gasteiger partial charge in [0.2, 0.25) is 0 Å². The third-order valence-corrected chi connectivity index (χ3v) is 8.55. The third kappa shape index (κ3) is 9.47. The van der Waals surface area contributed by atoms with Crippen LogP contribution in [0.15, 0.2) is 34.3 Å². The zero-order chi connectivity index (χ0) is 32.3. The number of hydrogen-bond acceptors (Lipinski definition) is 9. The molecule has 2 rings (SSSR count). The van der Waals surface area contributed by atoms with Crippen LogP contribution in [0.5, 0.6) is 5.75 Å². The van der Waals surface area contributed by atoms with E-state index < -0.39 is 36.4 Å². The van der Waals surface area contributed by atoms with Gasteiger partial charge in [-0.2, -0.15) is 0 Å². The summed E-state index contributed by atoms with van der Waals surface area (Å²) in [6.07, 6.45) is 5.65. The highest BCUT2D eigenvalue weighted by Gasteiger charge is 2.55. The van der Waals surface area contributed by atoms with Crippen molar-refractivity contribution < 1.29 is 38.6 Å². The molecule has 43 heavy (non-hydrogen) atoms. The molecule has 2 N–H and O–H groups in total. The number of nitrogens with zero attached hydrogens (tertiary/aromatic N) is 1. The second-order valence-electron chi connectivity index (χ2n) is 11.9. The molecule has 1 aliphatic rings. The predicted octanol–water partition coefficient (Wildman–Crippen LogP) is 4.45. The molecule has 8 atom stereocenters. The first-order valence-electron chi connectivity index (χ1n) is 15.2. The molecule has 1 aromatic rings. The first-order chi connectivity index (χ1) is 20.5. The lowest BCUT2D eigenvalue weighted by Crippen LogP contribution is -2.38. The summed E-state index contributed by atoms with van der Waals surface area (Å²) >= 11 is 0. The Bertz CT molecular complexity index is 1090. The van der Waals surface area contributed by atoms with Crippen molar-refractivity contribution in [2.24, 2.45) is 18.9 Å². The molecule has 0 radical (unpaired) electrons. The first kappa shape index (κ1) is 37.1. The molecule has 0 bridgehead atoms. The fraction of sp³-hybridized carbons (Fsp3) is 0.727. The average Bonchev–Trinajstić information content (AvgIpc) is 3.29. The summed E-state index contributed by atoms with van der Waals surface area (Å²) in [7, 11) is 7.83. The standard InChI is InChI=1S/C33H55NO9/c1-11-20(2)15-21(3)16-23(5)27(35)22(4)13-12-14-24-28(36)25(17-34(6)33(24)37)26-29(42-18-38-7)31(40-9)32(41-10)30(26)43-19-39-8/h13,16-17,20-21,26-27,29-32,35-36H,11-12,14-15,18-19H2,1-10H3/b22-13+,23-16+/t20-,21+,26?,27+,29-,30+,31-,32+/m1/s1. The SMILES string of the molecule is CC[C@@H](C)C[C@H](C)/C=C(\C)[C@@H](O)/C(C)=C/CCc1c(O)c(C2[C@@H](OCOC)[C@@H](OC)[C@@H](OC)[C@H]2OCOC)cn(C)c1=O. The van der Waals surface area contributed by atoms with Crippen molar-refractivity contribution in [2.75, 3.05) is 42.0 Å². The molecule has 0 spiro atoms. The van der Waals surface area contributed by atoms with E-state index in [9.17, 15) is 15.0 Å². The molecule has 1 fully saturated rings. The lowest BCUT2D eigenvalue weighted by molar-refractivity contribution is -0.141. The van der Waals surface area contributed by atoms with Crippen LogP contribution in [0.1, 0.15) is 70.9 Å². The van der Waals surface area contributed by atoms with Crippen molar-refractivity contribution in [3.05, 3.63) is 51.0 Å². The van der Waals surface area contributed by atoms with Crippen LogP contribution in [0.25, 0.3) is 0 Å². The zero-order valence-corrected chi connectivity index (χ0v) is 27.8. The molecule has 10 heteroatoms. The van der Waals surface area contributed by atoms with E-state index in [0.29, 0.717) is 23.8 Å². The molecular weight excluding hydrogens is 554 g/mol. The monoisotopic (exact) mass is 609 g/mol. The molecule has 246 valence electrons. The highest BCUT2D eigenvalue weighted by molar-refractivity contribution is 5.43. The molecular formula is C33H55NO9. The summed E-state index contributed by atoms with van der Waals surface area (Å²) in [5, 5.41) is 22.5. The molecule has 1 heterocycles. The van der Waals surface area contributed by atoms with Gasteiger partial charge in [-0.3, -0.25) is 4.79 Å². The summed E-state index contributed by atoms with van der Waals surface area (Å²) in [5.74, 6) is 0.334. The van der Waals surface area contributed by atoms with Gasteiger partial charge < -0.3 is 43.2 Å². The van der Waals surface area contributed by atoms with Crippen molar-refractivity contribution in [2.45, 2.75) is 96.7 Å². The van der Waals surface area contributed by atoms with Crippen molar-refractivity contribution >= 4 is 0 Å². The average molecular weight is 610 g/mol. The van der Waals surface area contributed by atoms with E-state index >= 15 is 0 Å². The second kappa shape index (κ2) is 18.0. The lowest BCUT2D eigenvalue weighted by atomic mass is 9.91. The van der Waals surface area contributed by atoms with Gasteiger partial charge in [-0.15, -0.1) is 0 Å². The number of aromatic nitrogens is 1. The Morgan fingerprint density at radius 1 is 0.977 bits per heavy atom. The van der Waals surface area contributed by atoms with E-state index in [1.165, 1.54) is 18.8 Å². The minimum atomic E-state index is -0.699. The Labute approximate surface area is 257 Å². The Hall–Kier alpha value is -2.05. The quantitative estimate of drug-likeness (QED) is 0.184. The van der Waals surface area contributed by atoms with Crippen LogP contribution in [0.3, 0.4) is 0 Å². The van der Waals surface area contributed by atoms with Gasteiger partial charge in [0.15, 0.2) is 0 Å². The number of rotatable bonds is 18. The van der Waals surface area contributed by atoms with Crippen LogP contribution in [-0.4, -0.2) is 87.3 Å². The van der Waals surface area contributed by atoms with Crippen LogP contribution in [0.2, 0.25) is 0 Å². The molecule has 1 unspecified atom stereocenters. The molecule has 0 saturated heterocycles. The summed E-state index contributed by atoms with van der Waals surface area (Å²) in [5.41, 5.74) is 2.18. The maximum atomic E-state index is 13.2. The van der Waals surface area contributed by atoms with Gasteiger partial charge in [0, 0.05) is 53.2 Å². The smallest absolute Gasteiger partial charge is 0.257 e. The van der Waals surface area contributed by atoms with Gasteiger partial charge in [0.1, 0.15) is 31.5 Å². The zero-order valence-electron chi connectivity index (χ0n) is 27.8. The fourth-order valence-corrected chi connectivity index (χ4v) is 6.16. The third-order valence-electron chi connectivity index (χ3n) is 8.55. The van der Waals surface area contributed by atoms with Crippen molar-refractivity contribution in [1.29, 1.82) is 0 Å². The van der Waals surface area contributed by atoms with Gasteiger partial charge >= 0.3 is 0 Å². The predicted molar refractivity (Wildman–Crippen MR) is 166 cm³/mol. The van der Waals surface area contributed by atoms with Crippen molar-refractivity contribution in [3.63, 3.8) is 0 Å². The Kier molecular flexibility index (Phi) is 15.6. The topological polar surface area (TPSA) is 118 Å². The number of methoxy groups -OCH3 is 4. The molecule has 1 saturated carbocycles. The van der Waals surface area contributed by atoms with Gasteiger partial charge in [-0.25, -0.2) is 0 Å². The maximum Gasteiger partial charge on any atom is 0.257 e. The summed E-state index contributed by atoms with van der Waals surface area (Å²) in [6.45, 7) is 10.4. The van der Waals surface area contributed by atoms with Gasteiger partial charge in [-0.05, 0) is 56.1 Å². The fourth-order valence-electron chi connectivity index (χ4n) is 6.16. The largest absolute Gasteiger partial charge is 0.507 e. The number of pyridine rings is 1. The summed E-state index contributed by atoms with van der Waals surface area (Å²) in [6, 6.07) is 0. The number of hydrogen-bond donors (Lipinski definition) is 2. The van der Waals surface area contributed by atoms with Crippen LogP contribution in [0, 0.1) is 11.8 Å². The summed E-state index contributed by atoms with van der Waals surface area (Å²) < 4.78 is 35.5. The lowest BCUT2D eigenvalue weighted by Gasteiger charge is -2.27. The normalized spacial score (nSPS) is 25.2. The summed E-state index contributed by atoms with van der Waals surface area (Å²) in [4.78, 5) is 13.2. The number of allylic oxidation sites excluding steroid dienone is 2. The Morgan fingerprint density at radius 2 is 1.53 bits per heavy atom. The van der Waals surface area contributed by atoms with E-state index in [1.54, 1.807) is 27.5 Å². The van der Waals surface area contributed by atoms with E-state index in [-0.39, 0.29) is 36.9 Å². The minimum Gasteiger partial charge on any atom is -0.507 e. The number of aromatic hydroxyl groups is 1. The number of aliphatic hydroxyl groups excluding tert-OH is 1. The second-order valence-corrected chi connectivity index (χ2v) is 11.9. The van der Waals surface area contributed by atoms with E-state index in [1.807, 2.05) is 19.9 Å². The highest BCUT2D eigenvalue weighted by atomic mass is 16.7. The molecule has 10 nitrogen and oxygen atoms in total. The molecule has 0 aliphatic heterocycles. The first-order valence-corrected chi connectivity index (χ1v) is 15.2. The number of aliphatic hydroxyl groups is 1. The molecule has 0 amide bonds. The Morgan fingerprint density at radius 3 is 2.02 bits per heavy atom. The van der Waals surface area contributed by atoms with Crippen molar-refractivity contribution in [3.8, 4) is 5.75 Å². The Balaban J connectivity index is 2.40. The maximum absolute atomic E-state index is 13.2. The highest BCUT2D eigenvalue weighted by Crippen LogP contribution is 2.45. The number of ether oxygens (including phenoxy) is 6. The van der Waals surface area contributed by atoms with Gasteiger partial charge in [0.05, 0.1) is 23.9 Å². The van der Waals surface area contributed by atoms with Gasteiger partial charge in [0.25, 0.3) is 5.56 Å². The van der Waals surface area contributed by atoms with Crippen LogP contribution < -0.4 is 5.56 Å². The van der Waals surface area contributed by atoms with E-state index in [2.05, 4.69) is 26.8 Å². The molecule has 0 aromatic carbocycles. The van der Waals surface area contributed by atoms with Crippen LogP contribution in [0.4, 0.5) is 0 Å². The minimum absolute atomic E-state index is 0.00941. The van der Waals surface area contributed by atoms with E-state index in [4.69, 9.17) is 28.4 Å². The van der Waals surface area contributed by atoms with Crippen LogP contribution >= 0.6 is 0 Å². The van der Waals surface area contributed by atoms with Crippen LogP contribution in [-0.2, 0) is 41.9 Å². The molecule has 1 aromatic heterocycles. The van der Waals surface area contributed by atoms with Crippen molar-refractivity contribution in [1.82, 2.24) is 4.57 Å². The van der Waals surface area contributed by atoms with E-state index in [0.717, 1.165) is 24.0 Å².